The Bertz CT molecular complexity index is 1400. The van der Waals surface area contributed by atoms with Gasteiger partial charge in [-0.3, -0.25) is 18.6 Å². The number of rotatable bonds is 53. The molecule has 71 heavy (non-hydrogen) atoms. The average Bonchev–Trinajstić information content (AvgIpc) is 3.33. The average molecular weight is 1020 g/mol. The summed E-state index contributed by atoms with van der Waals surface area (Å²) in [5.74, 6) is -0.522. The van der Waals surface area contributed by atoms with Crippen molar-refractivity contribution in [3.8, 4) is 0 Å². The number of ether oxygens (including phenoxy) is 1. The molecule has 0 aromatic heterocycles. The lowest BCUT2D eigenvalue weighted by Gasteiger charge is -2.27. The molecule has 2 N–H and O–H groups in total. The molecule has 0 saturated carbocycles. The minimum Gasteiger partial charge on any atom is -0.456 e. The summed E-state index contributed by atoms with van der Waals surface area (Å²) in [6.07, 6.45) is 63.5. The van der Waals surface area contributed by atoms with E-state index in [1.165, 1.54) is 135 Å². The topological polar surface area (TPSA) is 111 Å². The normalized spacial score (nSPS) is 14.2. The number of phosphoric ester groups is 1. The lowest BCUT2D eigenvalue weighted by atomic mass is 10.0. The number of carbonyl (C=O) groups is 2. The molecule has 3 unspecified atom stereocenters. The van der Waals surface area contributed by atoms with Gasteiger partial charge in [0.15, 0.2) is 0 Å². The third-order valence-corrected chi connectivity index (χ3v) is 13.9. The Kier molecular flexibility index (Phi) is 49.6. The lowest BCUT2D eigenvalue weighted by molar-refractivity contribution is -0.870. The van der Waals surface area contributed by atoms with Gasteiger partial charge in [-0.2, -0.15) is 0 Å². The third kappa shape index (κ3) is 52.4. The van der Waals surface area contributed by atoms with Gasteiger partial charge >= 0.3 is 13.8 Å². The van der Waals surface area contributed by atoms with Crippen LogP contribution >= 0.6 is 7.82 Å². The quantitative estimate of drug-likeness (QED) is 0.0205. The smallest absolute Gasteiger partial charge is 0.456 e. The first-order valence-corrected chi connectivity index (χ1v) is 31.1. The van der Waals surface area contributed by atoms with Crippen LogP contribution in [0.2, 0.25) is 0 Å². The van der Waals surface area contributed by atoms with Crippen LogP contribution in [0.15, 0.2) is 60.8 Å². The summed E-state index contributed by atoms with van der Waals surface area (Å²) in [6.45, 7) is 6.97. The maximum Gasteiger partial charge on any atom is 0.472 e. The van der Waals surface area contributed by atoms with Crippen molar-refractivity contribution < 1.29 is 37.3 Å². The van der Waals surface area contributed by atoms with Crippen LogP contribution in [-0.4, -0.2) is 74.3 Å². The Labute approximate surface area is 439 Å². The van der Waals surface area contributed by atoms with E-state index in [0.717, 1.165) is 96.3 Å². The van der Waals surface area contributed by atoms with Crippen LogP contribution in [0.25, 0.3) is 0 Å². The fraction of sp³-hybridized carbons (Fsp3) is 0.803. The number of amides is 1. The largest absolute Gasteiger partial charge is 0.472 e. The standard InChI is InChI=1S/C61H113N2O7P/c1-7-10-13-16-19-22-25-27-28-29-30-31-32-33-34-36-39-42-45-48-51-54-61(65)70-59(52-49-46-43-40-37-24-21-18-15-12-9-3)58(57-69-71(66,67)68-56-55-63(4,5)6)62-60(64)53-50-47-44-41-38-35-26-23-20-17-14-11-8-2/h19,22,27-28,30-31,33-34,49,52,58-59H,7-18,20-21,23-26,29,32,35-48,50-51,53-57H2,1-6H3,(H-,62,64,66,67)/p+1/b22-19-,28-27-,31-30-,34-33-,52-49+. The SMILES string of the molecule is CCCCC/C=C\C/C=C\C/C=C\C/C=C\CCCCCCCC(=O)OC(/C=C/CCCCCCCCCCC)C(COP(=O)(O)OCC[N+](C)(C)C)NC(=O)CCCCCCCCCCCCCCC. The first kappa shape index (κ1) is 68.7. The van der Waals surface area contributed by atoms with Gasteiger partial charge in [0.1, 0.15) is 19.3 Å². The fourth-order valence-electron chi connectivity index (χ4n) is 8.33. The van der Waals surface area contributed by atoms with Crippen LogP contribution in [0.4, 0.5) is 0 Å². The van der Waals surface area contributed by atoms with Gasteiger partial charge in [0.05, 0.1) is 33.8 Å². The fourth-order valence-corrected chi connectivity index (χ4v) is 9.07. The lowest BCUT2D eigenvalue weighted by Crippen LogP contribution is -2.47. The maximum absolute atomic E-state index is 13.5. The third-order valence-electron chi connectivity index (χ3n) is 13.0. The molecule has 0 radical (unpaired) electrons. The molecule has 9 nitrogen and oxygen atoms in total. The van der Waals surface area contributed by atoms with E-state index in [1.54, 1.807) is 0 Å². The molecule has 0 spiro atoms. The molecular weight excluding hydrogens is 904 g/mol. The van der Waals surface area contributed by atoms with Crippen molar-refractivity contribution in [2.24, 2.45) is 0 Å². The van der Waals surface area contributed by atoms with E-state index in [1.807, 2.05) is 33.3 Å². The molecule has 0 aliphatic heterocycles. The summed E-state index contributed by atoms with van der Waals surface area (Å²) in [6, 6.07) is -0.854. The number of quaternary nitrogens is 1. The summed E-state index contributed by atoms with van der Waals surface area (Å²) < 4.78 is 30.6. The number of hydrogen-bond acceptors (Lipinski definition) is 6. The molecule has 0 aliphatic rings. The van der Waals surface area contributed by atoms with Gasteiger partial charge in [0, 0.05) is 12.8 Å². The second-order valence-corrected chi connectivity index (χ2v) is 22.6. The zero-order valence-corrected chi connectivity index (χ0v) is 48.1. The van der Waals surface area contributed by atoms with Gasteiger partial charge in [-0.25, -0.2) is 4.57 Å². The van der Waals surface area contributed by atoms with Gasteiger partial charge in [-0.05, 0) is 76.7 Å². The van der Waals surface area contributed by atoms with E-state index in [0.29, 0.717) is 17.4 Å². The van der Waals surface area contributed by atoms with Crippen LogP contribution in [0, 0.1) is 0 Å². The zero-order chi connectivity index (χ0) is 52.2. The first-order valence-electron chi connectivity index (χ1n) is 29.6. The number of unbranched alkanes of at least 4 members (excludes halogenated alkanes) is 29. The molecule has 0 heterocycles. The highest BCUT2D eigenvalue weighted by Gasteiger charge is 2.30. The van der Waals surface area contributed by atoms with Crippen molar-refractivity contribution in [2.45, 2.75) is 277 Å². The van der Waals surface area contributed by atoms with E-state index < -0.39 is 20.0 Å². The highest BCUT2D eigenvalue weighted by atomic mass is 31.2. The summed E-state index contributed by atoms with van der Waals surface area (Å²) in [7, 11) is 1.49. The van der Waals surface area contributed by atoms with Gasteiger partial charge in [0.25, 0.3) is 0 Å². The van der Waals surface area contributed by atoms with Crippen LogP contribution in [0.3, 0.4) is 0 Å². The summed E-state index contributed by atoms with van der Waals surface area (Å²) in [5, 5.41) is 3.04. The molecule has 0 saturated heterocycles. The summed E-state index contributed by atoms with van der Waals surface area (Å²) >= 11 is 0. The highest BCUT2D eigenvalue weighted by Crippen LogP contribution is 2.43. The monoisotopic (exact) mass is 1020 g/mol. The van der Waals surface area contributed by atoms with Crippen molar-refractivity contribution in [1.82, 2.24) is 5.32 Å². The number of hydrogen-bond donors (Lipinski definition) is 2. The van der Waals surface area contributed by atoms with Crippen molar-refractivity contribution in [3.63, 3.8) is 0 Å². The first-order chi connectivity index (χ1) is 34.4. The molecule has 0 aromatic rings. The second-order valence-electron chi connectivity index (χ2n) is 21.2. The van der Waals surface area contributed by atoms with E-state index in [9.17, 15) is 19.0 Å². The van der Waals surface area contributed by atoms with Crippen molar-refractivity contribution in [2.75, 3.05) is 40.9 Å². The molecule has 0 fully saturated rings. The Hall–Kier alpha value is -2.29. The molecule has 0 bridgehead atoms. The molecule has 10 heteroatoms. The number of nitrogens with one attached hydrogen (secondary N) is 1. The zero-order valence-electron chi connectivity index (χ0n) is 47.2. The summed E-state index contributed by atoms with van der Waals surface area (Å²) in [5.41, 5.74) is 0. The van der Waals surface area contributed by atoms with Crippen LogP contribution in [0.1, 0.15) is 265 Å². The molecule has 414 valence electrons. The minimum atomic E-state index is -4.45. The Balaban J connectivity index is 5.28. The predicted octanol–water partition coefficient (Wildman–Crippen LogP) is 17.9. The van der Waals surface area contributed by atoms with E-state index in [4.69, 9.17) is 13.8 Å². The molecule has 3 atom stereocenters. The van der Waals surface area contributed by atoms with Crippen LogP contribution in [0.5, 0.6) is 0 Å². The van der Waals surface area contributed by atoms with Crippen LogP contribution < -0.4 is 5.32 Å². The number of allylic oxidation sites excluding steroid dienone is 9. The second kappa shape index (κ2) is 51.2. The number of phosphoric acid groups is 1. The molecule has 0 aliphatic carbocycles. The van der Waals surface area contributed by atoms with E-state index >= 15 is 0 Å². The summed E-state index contributed by atoms with van der Waals surface area (Å²) in [4.78, 5) is 37.6. The van der Waals surface area contributed by atoms with E-state index in [-0.39, 0.29) is 31.5 Å². The Morgan fingerprint density at radius 1 is 0.493 bits per heavy atom. The van der Waals surface area contributed by atoms with Crippen molar-refractivity contribution >= 4 is 19.7 Å². The van der Waals surface area contributed by atoms with Crippen LogP contribution in [-0.2, 0) is 27.9 Å². The molecule has 0 rings (SSSR count). The minimum absolute atomic E-state index is 0.0367. The maximum atomic E-state index is 13.5. The van der Waals surface area contributed by atoms with Gasteiger partial charge in [-0.1, -0.05) is 236 Å². The number of nitrogens with zero attached hydrogens (tertiary/aromatic N) is 1. The van der Waals surface area contributed by atoms with Gasteiger partial charge < -0.3 is 19.4 Å². The van der Waals surface area contributed by atoms with Gasteiger partial charge in [0.2, 0.25) is 5.91 Å². The van der Waals surface area contributed by atoms with Crippen molar-refractivity contribution in [3.05, 3.63) is 60.8 Å². The number of esters is 1. The molecule has 0 aromatic carbocycles. The number of likely N-dealkylation sites (N-methyl/N-ethyl adjacent to an activating group) is 1. The molecule has 1 amide bonds. The number of carbonyl (C=O) groups excluding carboxylic acids is 2. The predicted molar refractivity (Wildman–Crippen MR) is 305 cm³/mol. The van der Waals surface area contributed by atoms with E-state index in [2.05, 4.69) is 74.7 Å². The van der Waals surface area contributed by atoms with Gasteiger partial charge in [-0.15, -0.1) is 0 Å². The Morgan fingerprint density at radius 2 is 0.859 bits per heavy atom. The molecular formula is C61H114N2O7P+. The van der Waals surface area contributed by atoms with Crippen molar-refractivity contribution in [1.29, 1.82) is 0 Å². The Morgan fingerprint density at radius 3 is 1.31 bits per heavy atom. The highest BCUT2D eigenvalue weighted by molar-refractivity contribution is 7.47.